The number of benzene rings is 2. The Bertz CT molecular complexity index is 460. The molecule has 0 saturated carbocycles. The van der Waals surface area contributed by atoms with Crippen molar-refractivity contribution in [2.45, 2.75) is 10.4 Å². The summed E-state index contributed by atoms with van der Waals surface area (Å²) in [5.41, 5.74) is 1.58. The highest BCUT2D eigenvalue weighted by molar-refractivity contribution is 6.25. The first kappa shape index (κ1) is 13.2. The van der Waals surface area contributed by atoms with Crippen LogP contribution in [-0.2, 0) is 10.4 Å². The smallest absolute Gasteiger partial charge is 0.0967 e. The third-order valence-corrected chi connectivity index (χ3v) is 7.72. The van der Waals surface area contributed by atoms with Gasteiger partial charge in [0, 0.05) is 0 Å². The van der Waals surface area contributed by atoms with Crippen molar-refractivity contribution in [3.8, 4) is 0 Å². The van der Waals surface area contributed by atoms with E-state index in [0.717, 1.165) is 11.1 Å². The van der Waals surface area contributed by atoms with Crippen molar-refractivity contribution in [3.63, 3.8) is 0 Å². The summed E-state index contributed by atoms with van der Waals surface area (Å²) in [7, 11) is 0.938. The average Bonchev–Trinajstić information content (AvgIpc) is 2.40. The number of rotatable bonds is 3. The van der Waals surface area contributed by atoms with Gasteiger partial charge in [-0.2, -0.15) is 0 Å². The lowest BCUT2D eigenvalue weighted by molar-refractivity contribution is -0.0530. The Hall–Kier alpha value is -1.21. The van der Waals surface area contributed by atoms with Crippen molar-refractivity contribution < 1.29 is 10.2 Å². The monoisotopic (exact) mass is 274 g/mol. The van der Waals surface area contributed by atoms with Crippen molar-refractivity contribution in [2.75, 3.05) is 0 Å². The van der Waals surface area contributed by atoms with Crippen LogP contribution in [0.1, 0.15) is 11.1 Å². The molecule has 94 valence electrons. The lowest BCUT2D eigenvalue weighted by Crippen LogP contribution is -2.50. The molecule has 0 aliphatic rings. The summed E-state index contributed by atoms with van der Waals surface area (Å²) in [4.78, 5) is 0. The van der Waals surface area contributed by atoms with Crippen LogP contribution in [0.4, 0.5) is 0 Å². The summed E-state index contributed by atoms with van der Waals surface area (Å²) in [6.07, 6.45) is 0. The number of hydrogen-bond donors (Lipinski definition) is 2. The van der Waals surface area contributed by atoms with E-state index in [1.165, 1.54) is 0 Å². The van der Waals surface area contributed by atoms with Gasteiger partial charge in [0.25, 0.3) is 0 Å². The molecule has 2 unspecified atom stereocenters. The van der Waals surface area contributed by atoms with Crippen LogP contribution in [0.3, 0.4) is 0 Å². The van der Waals surface area contributed by atoms with Crippen molar-refractivity contribution in [2.24, 2.45) is 0 Å². The molecule has 0 fully saturated rings. The molecule has 4 heteroatoms. The van der Waals surface area contributed by atoms with E-state index in [9.17, 15) is 10.2 Å². The van der Waals surface area contributed by atoms with Gasteiger partial charge < -0.3 is 10.2 Å². The Kier molecular flexibility index (Phi) is 3.54. The van der Waals surface area contributed by atoms with E-state index >= 15 is 0 Å². The normalized spacial score (nSPS) is 18.1. The second kappa shape index (κ2) is 4.81. The van der Waals surface area contributed by atoms with E-state index < -0.39 is 10.4 Å². The maximum atomic E-state index is 10.8. The molecule has 0 heterocycles. The van der Waals surface area contributed by atoms with Gasteiger partial charge in [-0.05, 0) is 11.1 Å². The highest BCUT2D eigenvalue weighted by atomic mass is 28.2. The van der Waals surface area contributed by atoms with Crippen LogP contribution in [0.25, 0.3) is 0 Å². The topological polar surface area (TPSA) is 40.5 Å². The Balaban J connectivity index is 2.47. The predicted molar refractivity (Wildman–Crippen MR) is 80.6 cm³/mol. The molecule has 2 aromatic carbocycles. The molecule has 0 aliphatic heterocycles. The standard InChI is InChI=1S/C14H18O2Si2/c15-13(17,11-7-3-1-4-8-11)14(16,18)12-9-5-2-6-10-12/h1-10,15-16H,17-18H3. The zero-order valence-corrected chi connectivity index (χ0v) is 14.7. The van der Waals surface area contributed by atoms with Gasteiger partial charge in [-0.25, -0.2) is 0 Å². The van der Waals surface area contributed by atoms with Crippen molar-refractivity contribution in [1.82, 2.24) is 0 Å². The van der Waals surface area contributed by atoms with Gasteiger partial charge in [-0.3, -0.25) is 0 Å². The molecule has 0 bridgehead atoms. The van der Waals surface area contributed by atoms with E-state index in [0.29, 0.717) is 20.5 Å². The van der Waals surface area contributed by atoms with Crippen LogP contribution in [-0.4, -0.2) is 30.7 Å². The predicted octanol–water partition coefficient (Wildman–Crippen LogP) is -0.592. The van der Waals surface area contributed by atoms with E-state index in [1.54, 1.807) is 0 Å². The van der Waals surface area contributed by atoms with Gasteiger partial charge in [0.2, 0.25) is 0 Å². The van der Waals surface area contributed by atoms with Crippen molar-refractivity contribution >= 4 is 20.5 Å². The Morgan fingerprint density at radius 2 is 0.889 bits per heavy atom. The van der Waals surface area contributed by atoms with Crippen LogP contribution < -0.4 is 0 Å². The lowest BCUT2D eigenvalue weighted by Gasteiger charge is -2.40. The Labute approximate surface area is 113 Å². The van der Waals surface area contributed by atoms with Crippen LogP contribution in [0.15, 0.2) is 60.7 Å². The summed E-state index contributed by atoms with van der Waals surface area (Å²) in [6.45, 7) is 0. The molecule has 2 atom stereocenters. The fraction of sp³-hybridized carbons (Fsp3) is 0.143. The average molecular weight is 274 g/mol. The minimum Gasteiger partial charge on any atom is -0.387 e. The minimum absolute atomic E-state index is 0.469. The summed E-state index contributed by atoms with van der Waals surface area (Å²) < 4.78 is 0. The number of hydrogen-bond acceptors (Lipinski definition) is 2. The quantitative estimate of drug-likeness (QED) is 0.735. The first-order valence-electron chi connectivity index (χ1n) is 6.02. The maximum Gasteiger partial charge on any atom is 0.0967 e. The largest absolute Gasteiger partial charge is 0.387 e. The zero-order chi connectivity index (χ0) is 13.2. The molecule has 0 radical (unpaired) electrons. The first-order chi connectivity index (χ1) is 8.46. The Morgan fingerprint density at radius 3 is 1.17 bits per heavy atom. The van der Waals surface area contributed by atoms with Gasteiger partial charge in [0.1, 0.15) is 0 Å². The van der Waals surface area contributed by atoms with Gasteiger partial charge in [-0.1, -0.05) is 60.7 Å². The molecule has 0 amide bonds. The Morgan fingerprint density at radius 1 is 0.611 bits per heavy atom. The number of aliphatic hydroxyl groups is 2. The summed E-state index contributed by atoms with van der Waals surface area (Å²) in [5.74, 6) is 0. The second-order valence-corrected chi connectivity index (χ2v) is 7.77. The van der Waals surface area contributed by atoms with Crippen molar-refractivity contribution in [1.29, 1.82) is 0 Å². The summed E-state index contributed by atoms with van der Waals surface area (Å²) in [5, 5.41) is 19.3. The molecule has 0 aliphatic carbocycles. The van der Waals surface area contributed by atoms with Gasteiger partial charge >= 0.3 is 0 Å². The molecule has 2 N–H and O–H groups in total. The zero-order valence-electron chi connectivity index (χ0n) is 10.7. The second-order valence-electron chi connectivity index (χ2n) is 4.88. The van der Waals surface area contributed by atoms with Gasteiger partial charge in [0.15, 0.2) is 0 Å². The van der Waals surface area contributed by atoms with Crippen LogP contribution in [0.5, 0.6) is 0 Å². The van der Waals surface area contributed by atoms with Gasteiger partial charge in [0.05, 0.1) is 30.9 Å². The molecule has 0 spiro atoms. The third kappa shape index (κ3) is 2.20. The molecule has 2 nitrogen and oxygen atoms in total. The molecule has 2 aromatic rings. The molecule has 18 heavy (non-hydrogen) atoms. The van der Waals surface area contributed by atoms with E-state index in [1.807, 2.05) is 60.7 Å². The fourth-order valence-corrected chi connectivity index (χ4v) is 3.33. The third-order valence-electron chi connectivity index (χ3n) is 3.62. The van der Waals surface area contributed by atoms with Gasteiger partial charge in [-0.15, -0.1) is 0 Å². The molecular formula is C14H18O2Si2. The van der Waals surface area contributed by atoms with Crippen LogP contribution >= 0.6 is 0 Å². The van der Waals surface area contributed by atoms with E-state index in [2.05, 4.69) is 0 Å². The SMILES string of the molecule is OC([SiH3])(c1ccccc1)C(O)([SiH3])c1ccccc1. The minimum atomic E-state index is -1.15. The fourth-order valence-electron chi connectivity index (χ4n) is 2.09. The summed E-state index contributed by atoms with van der Waals surface area (Å²) in [6, 6.07) is 18.9. The van der Waals surface area contributed by atoms with Crippen LogP contribution in [0.2, 0.25) is 0 Å². The molecule has 2 rings (SSSR count). The highest BCUT2D eigenvalue weighted by Gasteiger charge is 2.43. The van der Waals surface area contributed by atoms with Crippen LogP contribution in [0, 0.1) is 0 Å². The maximum absolute atomic E-state index is 10.8. The van der Waals surface area contributed by atoms with Crippen molar-refractivity contribution in [3.05, 3.63) is 71.8 Å². The highest BCUT2D eigenvalue weighted by Crippen LogP contribution is 2.35. The molecule has 0 aromatic heterocycles. The van der Waals surface area contributed by atoms with E-state index in [-0.39, 0.29) is 0 Å². The summed E-state index contributed by atoms with van der Waals surface area (Å²) >= 11 is 0. The first-order valence-corrected chi connectivity index (χ1v) is 8.02. The lowest BCUT2D eigenvalue weighted by atomic mass is 9.96. The molecule has 0 saturated heterocycles. The molecular weight excluding hydrogens is 256 g/mol. The van der Waals surface area contributed by atoms with E-state index in [4.69, 9.17) is 0 Å².